The Hall–Kier alpha value is -0.830. The first-order valence-electron chi connectivity index (χ1n) is 6.68. The van der Waals surface area contributed by atoms with Crippen LogP contribution in [-0.2, 0) is 0 Å². The second-order valence-corrected chi connectivity index (χ2v) is 5.22. The number of aromatic nitrogens is 2. The van der Waals surface area contributed by atoms with Gasteiger partial charge in [0.25, 0.3) is 0 Å². The molecule has 3 heteroatoms. The zero-order valence-electron chi connectivity index (χ0n) is 9.86. The SMILES string of the molecule is c1nn(C2CCCC2)cc1C1CCNCC1. The van der Waals surface area contributed by atoms with Crippen molar-refractivity contribution >= 4 is 0 Å². The zero-order valence-corrected chi connectivity index (χ0v) is 9.86. The fourth-order valence-corrected chi connectivity index (χ4v) is 3.09. The smallest absolute Gasteiger partial charge is 0.0524 e. The summed E-state index contributed by atoms with van der Waals surface area (Å²) in [4.78, 5) is 0. The van der Waals surface area contributed by atoms with Crippen LogP contribution in [0.5, 0.6) is 0 Å². The molecule has 0 bridgehead atoms. The Labute approximate surface area is 97.2 Å². The van der Waals surface area contributed by atoms with Crippen LogP contribution in [0.15, 0.2) is 12.4 Å². The van der Waals surface area contributed by atoms with Crippen molar-refractivity contribution in [2.24, 2.45) is 0 Å². The Kier molecular flexibility index (Phi) is 2.96. The van der Waals surface area contributed by atoms with E-state index in [9.17, 15) is 0 Å². The summed E-state index contributed by atoms with van der Waals surface area (Å²) < 4.78 is 2.23. The first-order valence-corrected chi connectivity index (χ1v) is 6.68. The number of rotatable bonds is 2. The van der Waals surface area contributed by atoms with Crippen molar-refractivity contribution in [3.8, 4) is 0 Å². The molecule has 0 radical (unpaired) electrons. The molecule has 1 aromatic rings. The van der Waals surface area contributed by atoms with Crippen molar-refractivity contribution in [2.75, 3.05) is 13.1 Å². The molecule has 2 heterocycles. The molecule has 2 aliphatic rings. The molecule has 1 saturated heterocycles. The number of piperidine rings is 1. The summed E-state index contributed by atoms with van der Waals surface area (Å²) in [5.74, 6) is 0.747. The second-order valence-electron chi connectivity index (χ2n) is 5.22. The highest BCUT2D eigenvalue weighted by molar-refractivity contribution is 5.12. The topological polar surface area (TPSA) is 29.9 Å². The van der Waals surface area contributed by atoms with E-state index in [0.717, 1.165) is 5.92 Å². The first-order chi connectivity index (χ1) is 7.93. The number of hydrogen-bond donors (Lipinski definition) is 1. The number of nitrogens with zero attached hydrogens (tertiary/aromatic N) is 2. The van der Waals surface area contributed by atoms with Gasteiger partial charge in [-0.3, -0.25) is 4.68 Å². The molecule has 0 atom stereocenters. The van der Waals surface area contributed by atoms with Gasteiger partial charge in [-0.25, -0.2) is 0 Å². The minimum Gasteiger partial charge on any atom is -0.317 e. The normalized spacial score (nSPS) is 24.0. The Morgan fingerprint density at radius 3 is 2.62 bits per heavy atom. The number of hydrogen-bond acceptors (Lipinski definition) is 2. The van der Waals surface area contributed by atoms with E-state index in [0.29, 0.717) is 6.04 Å². The summed E-state index contributed by atoms with van der Waals surface area (Å²) in [6.45, 7) is 2.33. The van der Waals surface area contributed by atoms with Crippen LogP contribution < -0.4 is 5.32 Å². The van der Waals surface area contributed by atoms with E-state index in [1.165, 1.54) is 57.2 Å². The van der Waals surface area contributed by atoms with Crippen LogP contribution >= 0.6 is 0 Å². The molecular weight excluding hydrogens is 198 g/mol. The van der Waals surface area contributed by atoms with Gasteiger partial charge in [0.1, 0.15) is 0 Å². The zero-order chi connectivity index (χ0) is 10.8. The fraction of sp³-hybridized carbons (Fsp3) is 0.769. The van der Waals surface area contributed by atoms with E-state index in [4.69, 9.17) is 0 Å². The van der Waals surface area contributed by atoms with Crippen LogP contribution in [0.25, 0.3) is 0 Å². The average Bonchev–Trinajstić information content (AvgIpc) is 3.01. The molecule has 0 spiro atoms. The maximum Gasteiger partial charge on any atom is 0.0524 e. The third-order valence-electron chi connectivity index (χ3n) is 4.13. The van der Waals surface area contributed by atoms with Crippen LogP contribution in [0.3, 0.4) is 0 Å². The van der Waals surface area contributed by atoms with Crippen LogP contribution in [0.2, 0.25) is 0 Å². The lowest BCUT2D eigenvalue weighted by molar-refractivity contribution is 0.453. The van der Waals surface area contributed by atoms with Crippen molar-refractivity contribution in [3.05, 3.63) is 18.0 Å². The highest BCUT2D eigenvalue weighted by atomic mass is 15.3. The molecule has 3 rings (SSSR count). The van der Waals surface area contributed by atoms with E-state index < -0.39 is 0 Å². The largest absolute Gasteiger partial charge is 0.317 e. The minimum absolute atomic E-state index is 0.690. The maximum absolute atomic E-state index is 4.57. The van der Waals surface area contributed by atoms with E-state index in [1.54, 1.807) is 0 Å². The van der Waals surface area contributed by atoms with Crippen LogP contribution in [0.4, 0.5) is 0 Å². The summed E-state index contributed by atoms with van der Waals surface area (Å²) in [7, 11) is 0. The van der Waals surface area contributed by atoms with Gasteiger partial charge in [-0.1, -0.05) is 12.8 Å². The molecule has 16 heavy (non-hydrogen) atoms. The summed E-state index contributed by atoms with van der Waals surface area (Å²) in [5.41, 5.74) is 1.47. The summed E-state index contributed by atoms with van der Waals surface area (Å²) >= 11 is 0. The van der Waals surface area contributed by atoms with Crippen LogP contribution in [0.1, 0.15) is 56.0 Å². The third kappa shape index (κ3) is 2.01. The molecule has 0 amide bonds. The highest BCUT2D eigenvalue weighted by Crippen LogP contribution is 2.31. The fourth-order valence-electron chi connectivity index (χ4n) is 3.09. The molecule has 0 aromatic carbocycles. The monoisotopic (exact) mass is 219 g/mol. The van der Waals surface area contributed by atoms with E-state index in [1.807, 2.05) is 0 Å². The van der Waals surface area contributed by atoms with Gasteiger partial charge in [0, 0.05) is 6.20 Å². The van der Waals surface area contributed by atoms with Crippen LogP contribution in [0, 0.1) is 0 Å². The summed E-state index contributed by atoms with van der Waals surface area (Å²) in [6, 6.07) is 0.690. The predicted molar refractivity (Wildman–Crippen MR) is 64.6 cm³/mol. The van der Waals surface area contributed by atoms with Gasteiger partial charge < -0.3 is 5.32 Å². The molecule has 1 aromatic heterocycles. The Morgan fingerprint density at radius 2 is 1.88 bits per heavy atom. The van der Waals surface area contributed by atoms with Crippen molar-refractivity contribution in [3.63, 3.8) is 0 Å². The number of nitrogens with one attached hydrogen (secondary N) is 1. The standard InChI is InChI=1S/C13H21N3/c1-2-4-13(3-1)16-10-12(9-15-16)11-5-7-14-8-6-11/h9-11,13-14H,1-8H2. The lowest BCUT2D eigenvalue weighted by atomic mass is 9.93. The van der Waals surface area contributed by atoms with Gasteiger partial charge in [-0.05, 0) is 50.3 Å². The van der Waals surface area contributed by atoms with Crippen molar-refractivity contribution in [1.82, 2.24) is 15.1 Å². The molecule has 3 nitrogen and oxygen atoms in total. The molecule has 1 N–H and O–H groups in total. The van der Waals surface area contributed by atoms with Gasteiger partial charge in [-0.15, -0.1) is 0 Å². The van der Waals surface area contributed by atoms with Crippen molar-refractivity contribution in [1.29, 1.82) is 0 Å². The van der Waals surface area contributed by atoms with Gasteiger partial charge in [0.05, 0.1) is 12.2 Å². The van der Waals surface area contributed by atoms with Gasteiger partial charge in [0.2, 0.25) is 0 Å². The highest BCUT2D eigenvalue weighted by Gasteiger charge is 2.20. The molecule has 2 fully saturated rings. The molecule has 1 aliphatic heterocycles. The maximum atomic E-state index is 4.57. The molecule has 1 saturated carbocycles. The Balaban J connectivity index is 1.71. The predicted octanol–water partition coefficient (Wildman–Crippen LogP) is 2.47. The molecule has 0 unspecified atom stereocenters. The van der Waals surface area contributed by atoms with E-state index in [-0.39, 0.29) is 0 Å². The van der Waals surface area contributed by atoms with Crippen LogP contribution in [-0.4, -0.2) is 22.9 Å². The average molecular weight is 219 g/mol. The third-order valence-corrected chi connectivity index (χ3v) is 4.13. The van der Waals surface area contributed by atoms with Gasteiger partial charge in [-0.2, -0.15) is 5.10 Å². The van der Waals surface area contributed by atoms with Gasteiger partial charge >= 0.3 is 0 Å². The van der Waals surface area contributed by atoms with Crippen molar-refractivity contribution < 1.29 is 0 Å². The second kappa shape index (κ2) is 4.58. The molecular formula is C13H21N3. The summed E-state index contributed by atoms with van der Waals surface area (Å²) in [5, 5.41) is 7.99. The first kappa shape index (κ1) is 10.3. The molecule has 1 aliphatic carbocycles. The van der Waals surface area contributed by atoms with Gasteiger partial charge in [0.15, 0.2) is 0 Å². The lowest BCUT2D eigenvalue weighted by Gasteiger charge is -2.21. The Morgan fingerprint density at radius 1 is 1.12 bits per heavy atom. The van der Waals surface area contributed by atoms with E-state index in [2.05, 4.69) is 27.5 Å². The van der Waals surface area contributed by atoms with E-state index >= 15 is 0 Å². The molecule has 88 valence electrons. The summed E-state index contributed by atoms with van der Waals surface area (Å²) in [6.07, 6.45) is 12.4. The van der Waals surface area contributed by atoms with Crippen molar-refractivity contribution in [2.45, 2.75) is 50.5 Å². The quantitative estimate of drug-likeness (QED) is 0.828. The minimum atomic E-state index is 0.690. The lowest BCUT2D eigenvalue weighted by Crippen LogP contribution is -2.26. The Bertz CT molecular complexity index is 333.